The Kier molecular flexibility index (Phi) is 5.70. The van der Waals surface area contributed by atoms with Gasteiger partial charge in [0.25, 0.3) is 0 Å². The van der Waals surface area contributed by atoms with Crippen LogP contribution in [-0.2, 0) is 0 Å². The van der Waals surface area contributed by atoms with E-state index < -0.39 is 36.7 Å². The van der Waals surface area contributed by atoms with Crippen molar-refractivity contribution in [3.8, 4) is 0 Å². The summed E-state index contributed by atoms with van der Waals surface area (Å²) in [6, 6.07) is 1.26. The van der Waals surface area contributed by atoms with Crippen molar-refractivity contribution in [2.75, 3.05) is 18.2 Å². The van der Waals surface area contributed by atoms with Crippen LogP contribution in [0.25, 0.3) is 0 Å². The number of nitrogens with two attached hydrogens (primary N) is 1. The maximum atomic E-state index is 11.5. The first-order valence-corrected chi connectivity index (χ1v) is 6.01. The zero-order valence-electron chi connectivity index (χ0n) is 9.93. The van der Waals surface area contributed by atoms with Crippen molar-refractivity contribution in [2.45, 2.75) is 18.4 Å². The van der Waals surface area contributed by atoms with Gasteiger partial charge in [0.2, 0.25) is 0 Å². The normalized spacial score (nSPS) is 17.7. The Bertz CT molecular complexity index is 465. The molecule has 0 aliphatic carbocycles. The Morgan fingerprint density at radius 1 is 1.37 bits per heavy atom. The van der Waals surface area contributed by atoms with Crippen LogP contribution in [0.15, 0.2) is 17.1 Å². The van der Waals surface area contributed by atoms with Crippen molar-refractivity contribution in [2.24, 2.45) is 5.92 Å². The standard InChI is InChI=1S/C10H16ClN3O5/c11-3-5(4-15)7(16)8(17)9(18)14-2-1-6(12)13-10(14)19/h1-2,5,7-9,15-18H,3-4H2,(H2,12,13,19)/t5-,7+,8+,9+/m0/s1. The van der Waals surface area contributed by atoms with Gasteiger partial charge in [0, 0.05) is 24.6 Å². The van der Waals surface area contributed by atoms with E-state index in [2.05, 4.69) is 4.98 Å². The lowest BCUT2D eigenvalue weighted by Gasteiger charge is -2.27. The van der Waals surface area contributed by atoms with E-state index in [1.165, 1.54) is 6.07 Å². The van der Waals surface area contributed by atoms with E-state index in [-0.39, 0.29) is 11.7 Å². The molecule has 108 valence electrons. The van der Waals surface area contributed by atoms with E-state index in [0.29, 0.717) is 4.57 Å². The van der Waals surface area contributed by atoms with Gasteiger partial charge in [-0.15, -0.1) is 11.6 Å². The molecule has 1 aromatic rings. The highest BCUT2D eigenvalue weighted by Crippen LogP contribution is 2.17. The Morgan fingerprint density at radius 2 is 2.00 bits per heavy atom. The van der Waals surface area contributed by atoms with Crippen LogP contribution in [0.4, 0.5) is 5.82 Å². The van der Waals surface area contributed by atoms with E-state index in [1.54, 1.807) is 0 Å². The van der Waals surface area contributed by atoms with Gasteiger partial charge >= 0.3 is 5.69 Å². The number of hydrogen-bond acceptors (Lipinski definition) is 7. The molecule has 19 heavy (non-hydrogen) atoms. The minimum Gasteiger partial charge on any atom is -0.396 e. The van der Waals surface area contributed by atoms with Crippen molar-refractivity contribution < 1.29 is 20.4 Å². The zero-order chi connectivity index (χ0) is 14.6. The molecule has 6 N–H and O–H groups in total. The number of aromatic nitrogens is 2. The van der Waals surface area contributed by atoms with Gasteiger partial charge in [0.05, 0.1) is 6.10 Å². The maximum Gasteiger partial charge on any atom is 0.351 e. The first-order valence-electron chi connectivity index (χ1n) is 5.48. The van der Waals surface area contributed by atoms with E-state index in [4.69, 9.17) is 22.4 Å². The van der Waals surface area contributed by atoms with E-state index >= 15 is 0 Å². The highest BCUT2D eigenvalue weighted by Gasteiger charge is 2.32. The highest BCUT2D eigenvalue weighted by molar-refractivity contribution is 6.18. The Balaban J connectivity index is 2.92. The molecule has 0 radical (unpaired) electrons. The number of aliphatic hydroxyl groups excluding tert-OH is 4. The second kappa shape index (κ2) is 6.83. The lowest BCUT2D eigenvalue weighted by Crippen LogP contribution is -2.44. The lowest BCUT2D eigenvalue weighted by molar-refractivity contribution is -0.112. The largest absolute Gasteiger partial charge is 0.396 e. The first-order chi connectivity index (χ1) is 8.92. The fraction of sp³-hybridized carbons (Fsp3) is 0.600. The van der Waals surface area contributed by atoms with Gasteiger partial charge in [-0.1, -0.05) is 0 Å². The summed E-state index contributed by atoms with van der Waals surface area (Å²) in [6.45, 7) is -0.469. The van der Waals surface area contributed by atoms with Crippen molar-refractivity contribution in [3.05, 3.63) is 22.7 Å². The first kappa shape index (κ1) is 15.9. The van der Waals surface area contributed by atoms with Crippen LogP contribution in [0, 0.1) is 5.92 Å². The molecule has 0 amide bonds. The van der Waals surface area contributed by atoms with E-state index in [9.17, 15) is 20.1 Å². The van der Waals surface area contributed by atoms with Gasteiger partial charge in [0.1, 0.15) is 11.9 Å². The van der Waals surface area contributed by atoms with Crippen LogP contribution in [0.1, 0.15) is 6.23 Å². The second-order valence-corrected chi connectivity index (χ2v) is 4.34. The quantitative estimate of drug-likeness (QED) is 0.378. The van der Waals surface area contributed by atoms with Crippen LogP contribution in [-0.4, -0.2) is 54.7 Å². The van der Waals surface area contributed by atoms with Crippen LogP contribution >= 0.6 is 11.6 Å². The number of rotatable bonds is 6. The zero-order valence-corrected chi connectivity index (χ0v) is 10.7. The van der Waals surface area contributed by atoms with E-state index in [1.807, 2.05) is 0 Å². The molecule has 0 unspecified atom stereocenters. The molecule has 1 aromatic heterocycles. The van der Waals surface area contributed by atoms with Gasteiger partial charge in [0.15, 0.2) is 6.23 Å². The smallest absolute Gasteiger partial charge is 0.351 e. The summed E-state index contributed by atoms with van der Waals surface area (Å²) in [6.07, 6.45) is -3.80. The van der Waals surface area contributed by atoms with Crippen LogP contribution in [0.5, 0.6) is 0 Å². The molecule has 0 fully saturated rings. The maximum absolute atomic E-state index is 11.5. The summed E-state index contributed by atoms with van der Waals surface area (Å²) in [4.78, 5) is 14.8. The Hall–Kier alpha value is -1.19. The van der Waals surface area contributed by atoms with Crippen molar-refractivity contribution in [3.63, 3.8) is 0 Å². The van der Waals surface area contributed by atoms with Gasteiger partial charge in [-0.3, -0.25) is 4.57 Å². The number of nitrogen functional groups attached to an aromatic ring is 1. The summed E-state index contributed by atoms with van der Waals surface area (Å²) in [5.74, 6) is -0.975. The Labute approximate surface area is 113 Å². The summed E-state index contributed by atoms with van der Waals surface area (Å²) in [5.41, 5.74) is 4.42. The Morgan fingerprint density at radius 3 is 2.47 bits per heavy atom. The number of aliphatic hydroxyl groups is 4. The van der Waals surface area contributed by atoms with Crippen LogP contribution < -0.4 is 11.4 Å². The van der Waals surface area contributed by atoms with Gasteiger partial charge in [-0.05, 0) is 6.07 Å². The molecule has 0 spiro atoms. The molecular weight excluding hydrogens is 278 g/mol. The number of anilines is 1. The van der Waals surface area contributed by atoms with Crippen molar-refractivity contribution in [1.82, 2.24) is 9.55 Å². The average Bonchev–Trinajstić information content (AvgIpc) is 2.38. The molecule has 0 saturated carbocycles. The molecular formula is C10H16ClN3O5. The monoisotopic (exact) mass is 293 g/mol. The minimum absolute atomic E-state index is 0.0301. The number of alkyl halides is 1. The average molecular weight is 294 g/mol. The minimum atomic E-state index is -1.73. The summed E-state index contributed by atoms with van der Waals surface area (Å²) >= 11 is 5.50. The SMILES string of the molecule is Nc1ccn([C@H](O)[C@H](O)[C@H](O)[C@H](CO)CCl)c(=O)n1. The highest BCUT2D eigenvalue weighted by atomic mass is 35.5. The lowest BCUT2D eigenvalue weighted by atomic mass is 9.99. The third kappa shape index (κ3) is 3.64. The number of nitrogens with zero attached hydrogens (tertiary/aromatic N) is 2. The fourth-order valence-corrected chi connectivity index (χ4v) is 1.78. The molecule has 0 aliphatic rings. The summed E-state index contributed by atoms with van der Waals surface area (Å²) < 4.78 is 0.715. The third-order valence-electron chi connectivity index (χ3n) is 2.71. The van der Waals surface area contributed by atoms with Gasteiger partial charge in [-0.25, -0.2) is 4.79 Å². The third-order valence-corrected chi connectivity index (χ3v) is 3.10. The second-order valence-electron chi connectivity index (χ2n) is 4.03. The van der Waals surface area contributed by atoms with Gasteiger partial charge < -0.3 is 26.2 Å². The van der Waals surface area contributed by atoms with Crippen LogP contribution in [0.3, 0.4) is 0 Å². The molecule has 4 atom stereocenters. The molecule has 0 bridgehead atoms. The molecule has 0 aliphatic heterocycles. The summed E-state index contributed by atoms with van der Waals surface area (Å²) in [7, 11) is 0. The molecule has 0 aromatic carbocycles. The molecule has 0 saturated heterocycles. The topological polar surface area (TPSA) is 142 Å². The summed E-state index contributed by atoms with van der Waals surface area (Å²) in [5, 5.41) is 38.3. The van der Waals surface area contributed by atoms with Crippen molar-refractivity contribution in [1.29, 1.82) is 0 Å². The predicted octanol–water partition coefficient (Wildman–Crippen LogP) is -2.11. The van der Waals surface area contributed by atoms with E-state index in [0.717, 1.165) is 6.20 Å². The molecule has 1 heterocycles. The van der Waals surface area contributed by atoms with Crippen LogP contribution in [0.2, 0.25) is 0 Å². The van der Waals surface area contributed by atoms with Gasteiger partial charge in [-0.2, -0.15) is 4.98 Å². The molecule has 8 nitrogen and oxygen atoms in total. The predicted molar refractivity (Wildman–Crippen MR) is 67.5 cm³/mol. The molecule has 9 heteroatoms. The molecule has 1 rings (SSSR count). The fourth-order valence-electron chi connectivity index (χ4n) is 1.50. The number of halogens is 1. The van der Waals surface area contributed by atoms with Crippen molar-refractivity contribution >= 4 is 17.4 Å². The number of hydrogen-bond donors (Lipinski definition) is 5.